The van der Waals surface area contributed by atoms with Gasteiger partial charge in [0.15, 0.2) is 11.3 Å². The van der Waals surface area contributed by atoms with Crippen LogP contribution in [-0.4, -0.2) is 196 Å². The molecule has 2 aliphatic rings. The van der Waals surface area contributed by atoms with Gasteiger partial charge in [-0.3, -0.25) is 28.2 Å². The van der Waals surface area contributed by atoms with Gasteiger partial charge >= 0.3 is 12.2 Å². The molecule has 4 aromatic carbocycles. The van der Waals surface area contributed by atoms with Crippen molar-refractivity contribution in [1.82, 2.24) is 58.6 Å². The zero-order chi connectivity index (χ0) is 67.7. The number of likely N-dealkylation sites (N-methyl/N-ethyl adjacent to an activating group) is 2. The van der Waals surface area contributed by atoms with Gasteiger partial charge in [0, 0.05) is 136 Å². The van der Waals surface area contributed by atoms with E-state index in [2.05, 4.69) is 51.0 Å². The van der Waals surface area contributed by atoms with E-state index in [0.29, 0.717) is 118 Å². The van der Waals surface area contributed by atoms with E-state index in [-0.39, 0.29) is 18.6 Å². The number of rotatable bonds is 26. The van der Waals surface area contributed by atoms with Gasteiger partial charge in [0.25, 0.3) is 0 Å². The molecule has 0 spiro atoms. The summed E-state index contributed by atoms with van der Waals surface area (Å²) in [6.07, 6.45) is 9.56. The lowest BCUT2D eigenvalue weighted by Crippen LogP contribution is -2.42. The van der Waals surface area contributed by atoms with Crippen molar-refractivity contribution in [2.24, 2.45) is 0 Å². The predicted molar refractivity (Wildman–Crippen MR) is 378 cm³/mol. The van der Waals surface area contributed by atoms with Crippen LogP contribution in [0.4, 0.5) is 9.59 Å². The minimum absolute atomic E-state index is 0. The molecule has 12 rings (SSSR count). The monoisotopic (exact) mass is 1350 g/mol. The number of fused-ring (bicyclic) bond motifs is 2. The maximum atomic E-state index is 14.1. The van der Waals surface area contributed by atoms with E-state index in [1.165, 1.54) is 13.8 Å². The Kier molecular flexibility index (Phi) is 27.6. The van der Waals surface area contributed by atoms with E-state index >= 15 is 0 Å². The lowest BCUT2D eigenvalue weighted by atomic mass is 10.1. The Balaban J connectivity index is 0.000000216. The summed E-state index contributed by atoms with van der Waals surface area (Å²) in [4.78, 5) is 79.2. The van der Waals surface area contributed by atoms with Gasteiger partial charge in [-0.15, -0.1) is 0 Å². The maximum Gasteiger partial charge on any atom is 0.416 e. The third kappa shape index (κ3) is 21.0. The van der Waals surface area contributed by atoms with E-state index < -0.39 is 12.2 Å². The molecular weight excluding hydrogens is 1260 g/mol. The highest BCUT2D eigenvalue weighted by Gasteiger charge is 2.28. The van der Waals surface area contributed by atoms with Gasteiger partial charge < -0.3 is 47.8 Å². The first-order valence-corrected chi connectivity index (χ1v) is 33.3. The van der Waals surface area contributed by atoms with Crippen molar-refractivity contribution in [1.29, 1.82) is 0 Å². The molecule has 1 N–H and O–H groups in total. The molecule has 516 valence electrons. The van der Waals surface area contributed by atoms with Crippen LogP contribution in [0, 0.1) is 0 Å². The summed E-state index contributed by atoms with van der Waals surface area (Å²) < 4.78 is 38.7. The van der Waals surface area contributed by atoms with Crippen molar-refractivity contribution in [2.75, 3.05) is 119 Å². The molecule has 8 heterocycles. The van der Waals surface area contributed by atoms with E-state index in [9.17, 15) is 19.2 Å². The number of morpholine rings is 2. The van der Waals surface area contributed by atoms with Gasteiger partial charge in [-0.1, -0.05) is 129 Å². The highest BCUT2D eigenvalue weighted by Crippen LogP contribution is 2.32. The van der Waals surface area contributed by atoms with Crippen LogP contribution >= 0.6 is 11.6 Å². The number of imidazole rings is 2. The van der Waals surface area contributed by atoms with Gasteiger partial charge in [0.05, 0.1) is 74.6 Å². The van der Waals surface area contributed by atoms with Crippen LogP contribution in [0.2, 0.25) is 0 Å². The smallest absolute Gasteiger partial charge is 0.416 e. The molecule has 2 aliphatic heterocycles. The van der Waals surface area contributed by atoms with Gasteiger partial charge in [-0.2, -0.15) is 0 Å². The Labute approximate surface area is 578 Å². The number of carbonyl (C=O) groups is 4. The van der Waals surface area contributed by atoms with Crippen molar-refractivity contribution in [2.45, 2.75) is 59.8 Å². The zero-order valence-electron chi connectivity index (χ0n) is 55.6. The number of carbonyl (C=O) groups excluding carboxylic acids is 4. The number of ether oxygens (including phenoxy) is 4. The second kappa shape index (κ2) is 37.3. The SMILES string of the molecule is C.CC(=O)Cl.CC(=O)N(C)CCN(CCCN1CCOCC1)C(=O)Oc1c(Cc2ccco2)nc2c(Cc3ccccc3)nc(-c3ccccc3)cn12.CNCCN(CCCN1CCOCC1)C(=O)Oc1c(Cc2ccco2)nc2c(Cc3ccccc3)nc(-c3ccccc3)cn12. The van der Waals surface area contributed by atoms with Gasteiger partial charge in [-0.05, 0) is 66.9 Å². The number of nitrogens with one attached hydrogen (secondary N) is 1. The van der Waals surface area contributed by atoms with Crippen molar-refractivity contribution in [3.63, 3.8) is 0 Å². The molecular formula is C75H89ClN12O10. The number of nitrogens with zero attached hydrogens (tertiary/aromatic N) is 11. The third-order valence-corrected chi connectivity index (χ3v) is 16.6. The molecule has 0 radical (unpaired) electrons. The standard InChI is InChI=1S/C37H42N6O5.C35H40N6O4.C2H3ClO.CH4/c1-28(44)40(2)18-19-42(17-10-16-41-20-23-46-24-21-41)37(45)48-36-33(26-31-15-9-22-47-31)39-35-32(25-29-11-5-3-6-12-29)38-34(27-43(35)36)30-13-7-4-8-14-30;1-36-15-18-40(17-9-16-39-19-22-43-23-20-39)35(42)45-34-31(25-29-14-8-21-44-29)38-33-30(24-27-10-4-2-5-11-27)37-32(26-41(33)34)28-12-6-3-7-13-28;1-2(3)4;/h3-9,11-15,22,27H,10,16-21,23-26H2,1-2H3;2-8,10-14,21,26,36H,9,15-20,22-25H2,1H3;1H3;1H4. The molecule has 0 bridgehead atoms. The van der Waals surface area contributed by atoms with E-state index in [0.717, 1.165) is 116 Å². The summed E-state index contributed by atoms with van der Waals surface area (Å²) in [6.45, 7) is 14.0. The third-order valence-electron chi connectivity index (χ3n) is 16.6. The summed E-state index contributed by atoms with van der Waals surface area (Å²) >= 11 is 4.64. The average molecular weight is 1350 g/mol. The topological polar surface area (TPSA) is 220 Å². The quantitative estimate of drug-likeness (QED) is 0.0498. The molecule has 2 saturated heterocycles. The fourth-order valence-electron chi connectivity index (χ4n) is 11.4. The molecule has 0 unspecified atom stereocenters. The number of hydrogen-bond donors (Lipinski definition) is 1. The molecule has 6 aromatic heterocycles. The number of hydrogen-bond acceptors (Lipinski definition) is 17. The van der Waals surface area contributed by atoms with E-state index in [1.807, 2.05) is 150 Å². The first-order valence-electron chi connectivity index (χ1n) is 33.0. The zero-order valence-corrected chi connectivity index (χ0v) is 56.4. The Morgan fingerprint density at radius 3 is 1.29 bits per heavy atom. The maximum absolute atomic E-state index is 14.1. The second-order valence-corrected chi connectivity index (χ2v) is 24.2. The van der Waals surface area contributed by atoms with Crippen LogP contribution in [-0.2, 0) is 44.7 Å². The summed E-state index contributed by atoms with van der Waals surface area (Å²) in [6, 6.07) is 47.7. The Bertz CT molecular complexity index is 4070. The molecule has 10 aromatic rings. The average Bonchev–Trinajstić information content (AvgIpc) is 1.59. The van der Waals surface area contributed by atoms with Crippen molar-refractivity contribution >= 4 is 46.2 Å². The van der Waals surface area contributed by atoms with E-state index in [1.54, 1.807) is 34.3 Å². The van der Waals surface area contributed by atoms with Gasteiger partial charge in [0.2, 0.25) is 22.9 Å². The summed E-state index contributed by atoms with van der Waals surface area (Å²) in [5, 5.41) is 2.80. The minimum Gasteiger partial charge on any atom is -0.469 e. The molecule has 0 aliphatic carbocycles. The Morgan fingerprint density at radius 1 is 0.510 bits per heavy atom. The molecule has 22 nitrogen and oxygen atoms in total. The number of benzene rings is 4. The number of amides is 3. The minimum atomic E-state index is -0.501. The van der Waals surface area contributed by atoms with Crippen LogP contribution in [0.3, 0.4) is 0 Å². The first kappa shape index (κ1) is 72.7. The summed E-state index contributed by atoms with van der Waals surface area (Å²) in [5.41, 5.74) is 9.60. The summed E-state index contributed by atoms with van der Waals surface area (Å²) in [7, 11) is 3.62. The highest BCUT2D eigenvalue weighted by molar-refractivity contribution is 6.62. The van der Waals surface area contributed by atoms with E-state index in [4.69, 9.17) is 47.7 Å². The van der Waals surface area contributed by atoms with Crippen LogP contribution in [0.1, 0.15) is 79.5 Å². The van der Waals surface area contributed by atoms with Crippen LogP contribution in [0.15, 0.2) is 179 Å². The number of halogens is 1. The lowest BCUT2D eigenvalue weighted by molar-refractivity contribution is -0.127. The predicted octanol–water partition coefficient (Wildman–Crippen LogP) is 11.5. The van der Waals surface area contributed by atoms with Gasteiger partial charge in [-0.25, -0.2) is 29.5 Å². The number of aromatic nitrogens is 6. The largest absolute Gasteiger partial charge is 0.469 e. The fourth-order valence-corrected chi connectivity index (χ4v) is 11.4. The molecule has 0 atom stereocenters. The highest BCUT2D eigenvalue weighted by atomic mass is 35.5. The van der Waals surface area contributed by atoms with Gasteiger partial charge in [0.1, 0.15) is 22.9 Å². The summed E-state index contributed by atoms with van der Waals surface area (Å²) in [5.74, 6) is 2.06. The Hall–Kier alpha value is -9.55. The second-order valence-electron chi connectivity index (χ2n) is 23.7. The Morgan fingerprint density at radius 2 is 0.908 bits per heavy atom. The molecule has 0 saturated carbocycles. The molecule has 23 heteroatoms. The van der Waals surface area contributed by atoms with Crippen LogP contribution in [0.5, 0.6) is 11.8 Å². The molecule has 3 amide bonds. The number of furan rings is 2. The van der Waals surface area contributed by atoms with Crippen LogP contribution < -0.4 is 14.8 Å². The van der Waals surface area contributed by atoms with Crippen LogP contribution in [0.25, 0.3) is 33.8 Å². The lowest BCUT2D eigenvalue weighted by Gasteiger charge is -2.28. The first-order chi connectivity index (χ1) is 47.3. The van der Waals surface area contributed by atoms with Crippen molar-refractivity contribution < 1.29 is 47.0 Å². The fraction of sp³-hybridized carbons (Fsp3) is 0.360. The van der Waals surface area contributed by atoms with Crippen molar-refractivity contribution in [3.05, 3.63) is 216 Å². The molecule has 2 fully saturated rings. The van der Waals surface area contributed by atoms with Crippen molar-refractivity contribution in [3.8, 4) is 34.3 Å². The molecule has 98 heavy (non-hydrogen) atoms. The normalized spacial score (nSPS) is 13.2.